The molecule has 0 aliphatic carbocycles. The van der Waals surface area contributed by atoms with Crippen molar-refractivity contribution in [3.05, 3.63) is 35.1 Å². The number of halogens is 1. The molecule has 2 rings (SSSR count). The summed E-state index contributed by atoms with van der Waals surface area (Å²) in [6.45, 7) is 3.73. The van der Waals surface area contributed by atoms with Gasteiger partial charge in [0, 0.05) is 49.9 Å². The zero-order chi connectivity index (χ0) is 14.7. The molecule has 110 valence electrons. The molecule has 1 aromatic carbocycles. The average molecular weight is 280 g/mol. The van der Waals surface area contributed by atoms with Gasteiger partial charge in [0.15, 0.2) is 0 Å². The molecule has 1 saturated heterocycles. The van der Waals surface area contributed by atoms with Crippen molar-refractivity contribution in [3.8, 4) is 0 Å². The average Bonchev–Trinajstić information content (AvgIpc) is 2.42. The van der Waals surface area contributed by atoms with E-state index in [1.807, 2.05) is 0 Å². The smallest absolute Gasteiger partial charge is 0.248 e. The molecule has 1 unspecified atom stereocenters. The van der Waals surface area contributed by atoms with E-state index >= 15 is 0 Å². The van der Waals surface area contributed by atoms with Crippen LogP contribution in [0.5, 0.6) is 0 Å². The highest BCUT2D eigenvalue weighted by Crippen LogP contribution is 2.16. The van der Waals surface area contributed by atoms with Crippen molar-refractivity contribution in [2.24, 2.45) is 11.5 Å². The lowest BCUT2D eigenvalue weighted by Gasteiger charge is -2.39. The number of hydrogen-bond acceptors (Lipinski definition) is 4. The Hall–Kier alpha value is -1.50. The van der Waals surface area contributed by atoms with Gasteiger partial charge < -0.3 is 16.4 Å². The fourth-order valence-electron chi connectivity index (χ4n) is 2.53. The lowest BCUT2D eigenvalue weighted by Crippen LogP contribution is -2.54. The minimum atomic E-state index is -0.616. The van der Waals surface area contributed by atoms with E-state index in [9.17, 15) is 9.18 Å². The molecule has 1 fully saturated rings. The van der Waals surface area contributed by atoms with E-state index < -0.39 is 11.7 Å². The number of hydrogen-bond donors (Lipinski definition) is 2. The second-order valence-corrected chi connectivity index (χ2v) is 5.29. The highest BCUT2D eigenvalue weighted by Gasteiger charge is 2.24. The van der Waals surface area contributed by atoms with Crippen molar-refractivity contribution in [2.45, 2.75) is 12.6 Å². The first-order chi connectivity index (χ1) is 9.51. The lowest BCUT2D eigenvalue weighted by molar-refractivity contribution is 0.0871. The number of carbonyl (C=O) groups is 1. The number of piperazine rings is 1. The third-order valence-corrected chi connectivity index (χ3v) is 3.79. The van der Waals surface area contributed by atoms with Crippen molar-refractivity contribution in [1.82, 2.24) is 9.80 Å². The Morgan fingerprint density at radius 2 is 2.20 bits per heavy atom. The first kappa shape index (κ1) is 14.9. The van der Waals surface area contributed by atoms with E-state index in [2.05, 4.69) is 16.8 Å². The van der Waals surface area contributed by atoms with Crippen molar-refractivity contribution in [2.75, 3.05) is 33.2 Å². The maximum Gasteiger partial charge on any atom is 0.248 e. The van der Waals surface area contributed by atoms with Crippen molar-refractivity contribution >= 4 is 5.91 Å². The highest BCUT2D eigenvalue weighted by atomic mass is 19.1. The molecule has 1 aromatic rings. The van der Waals surface area contributed by atoms with Crippen LogP contribution in [0.4, 0.5) is 4.39 Å². The molecular formula is C14H21FN4O. The first-order valence-electron chi connectivity index (χ1n) is 6.72. The van der Waals surface area contributed by atoms with Gasteiger partial charge in [-0.3, -0.25) is 9.69 Å². The number of likely N-dealkylation sites (N-methyl/N-ethyl adjacent to an activating group) is 1. The summed E-state index contributed by atoms with van der Waals surface area (Å²) in [7, 11) is 2.06. The van der Waals surface area contributed by atoms with Crippen LogP contribution in [0, 0.1) is 5.82 Å². The number of benzene rings is 1. The molecule has 6 heteroatoms. The zero-order valence-corrected chi connectivity index (χ0v) is 11.7. The quantitative estimate of drug-likeness (QED) is 0.814. The number of primary amides is 1. The molecule has 0 aromatic heterocycles. The summed E-state index contributed by atoms with van der Waals surface area (Å²) in [5.74, 6) is -1.01. The standard InChI is InChI=1S/C14H21FN4O/c1-18-4-5-19(12(7-16)9-18)8-11-3-2-10(14(17)20)6-13(11)15/h2-3,6,12H,4-5,7-9,16H2,1H3,(H2,17,20). The third kappa shape index (κ3) is 3.33. The lowest BCUT2D eigenvalue weighted by atomic mass is 10.1. The van der Waals surface area contributed by atoms with Gasteiger partial charge in [-0.25, -0.2) is 4.39 Å². The fourth-order valence-corrected chi connectivity index (χ4v) is 2.53. The van der Waals surface area contributed by atoms with E-state index in [1.165, 1.54) is 6.07 Å². The highest BCUT2D eigenvalue weighted by molar-refractivity contribution is 5.92. The zero-order valence-electron chi connectivity index (χ0n) is 11.7. The van der Waals surface area contributed by atoms with E-state index in [0.717, 1.165) is 19.6 Å². The summed E-state index contributed by atoms with van der Waals surface area (Å²) in [6.07, 6.45) is 0. The largest absolute Gasteiger partial charge is 0.366 e. The number of carbonyl (C=O) groups excluding carboxylic acids is 1. The van der Waals surface area contributed by atoms with Gasteiger partial charge in [-0.1, -0.05) is 6.07 Å². The number of amides is 1. The van der Waals surface area contributed by atoms with E-state index in [-0.39, 0.29) is 11.6 Å². The number of rotatable bonds is 4. The van der Waals surface area contributed by atoms with Crippen LogP contribution >= 0.6 is 0 Å². The molecule has 1 heterocycles. The van der Waals surface area contributed by atoms with Gasteiger partial charge in [0.1, 0.15) is 5.82 Å². The van der Waals surface area contributed by atoms with Gasteiger partial charge in [0.05, 0.1) is 0 Å². The normalized spacial score (nSPS) is 21.1. The van der Waals surface area contributed by atoms with E-state index in [4.69, 9.17) is 11.5 Å². The van der Waals surface area contributed by atoms with Crippen molar-refractivity contribution in [3.63, 3.8) is 0 Å². The van der Waals surface area contributed by atoms with Crippen LogP contribution in [0.2, 0.25) is 0 Å². The monoisotopic (exact) mass is 280 g/mol. The summed E-state index contributed by atoms with van der Waals surface area (Å²) in [5.41, 5.74) is 11.7. The molecular weight excluding hydrogens is 259 g/mol. The Bertz CT molecular complexity index is 494. The molecule has 0 bridgehead atoms. The summed E-state index contributed by atoms with van der Waals surface area (Å²) >= 11 is 0. The van der Waals surface area contributed by atoms with Gasteiger partial charge in [-0.2, -0.15) is 0 Å². The summed E-state index contributed by atoms with van der Waals surface area (Å²) in [6, 6.07) is 4.62. The van der Waals surface area contributed by atoms with Crippen LogP contribution in [0.25, 0.3) is 0 Å². The molecule has 0 radical (unpaired) electrons. The molecule has 20 heavy (non-hydrogen) atoms. The maximum absolute atomic E-state index is 14.0. The van der Waals surface area contributed by atoms with Gasteiger partial charge in [0.25, 0.3) is 0 Å². The third-order valence-electron chi connectivity index (χ3n) is 3.79. The minimum absolute atomic E-state index is 0.194. The second kappa shape index (κ2) is 6.30. The minimum Gasteiger partial charge on any atom is -0.366 e. The molecule has 5 nitrogen and oxygen atoms in total. The van der Waals surface area contributed by atoms with Gasteiger partial charge in [0.2, 0.25) is 5.91 Å². The summed E-state index contributed by atoms with van der Waals surface area (Å²) < 4.78 is 14.0. The van der Waals surface area contributed by atoms with Crippen molar-refractivity contribution in [1.29, 1.82) is 0 Å². The molecule has 0 saturated carbocycles. The molecule has 4 N–H and O–H groups in total. The Labute approximate surface area is 118 Å². The maximum atomic E-state index is 14.0. The molecule has 0 spiro atoms. The van der Waals surface area contributed by atoms with Crippen molar-refractivity contribution < 1.29 is 9.18 Å². The number of nitrogens with zero attached hydrogens (tertiary/aromatic N) is 2. The second-order valence-electron chi connectivity index (χ2n) is 5.29. The Morgan fingerprint density at radius 1 is 1.45 bits per heavy atom. The predicted molar refractivity (Wildman–Crippen MR) is 75.7 cm³/mol. The van der Waals surface area contributed by atoms with Crippen LogP contribution in [-0.4, -0.2) is 55.0 Å². The molecule has 1 aliphatic heterocycles. The SMILES string of the molecule is CN1CCN(Cc2ccc(C(N)=O)cc2F)C(CN)C1. The van der Waals surface area contributed by atoms with E-state index in [0.29, 0.717) is 18.7 Å². The van der Waals surface area contributed by atoms with Crippen LogP contribution < -0.4 is 11.5 Å². The van der Waals surface area contributed by atoms with Crippen LogP contribution in [-0.2, 0) is 6.54 Å². The molecule has 1 amide bonds. The Balaban J connectivity index is 2.11. The fraction of sp³-hybridized carbons (Fsp3) is 0.500. The van der Waals surface area contributed by atoms with Crippen LogP contribution in [0.1, 0.15) is 15.9 Å². The predicted octanol–water partition coefficient (Wildman–Crippen LogP) is -0.000700. The number of nitrogens with two attached hydrogens (primary N) is 2. The molecule has 1 aliphatic rings. The van der Waals surface area contributed by atoms with Crippen LogP contribution in [0.15, 0.2) is 18.2 Å². The summed E-state index contributed by atoms with van der Waals surface area (Å²) in [4.78, 5) is 15.4. The topological polar surface area (TPSA) is 75.6 Å². The van der Waals surface area contributed by atoms with Gasteiger partial charge in [-0.15, -0.1) is 0 Å². The summed E-state index contributed by atoms with van der Waals surface area (Å²) in [5, 5.41) is 0. The van der Waals surface area contributed by atoms with E-state index in [1.54, 1.807) is 12.1 Å². The first-order valence-corrected chi connectivity index (χ1v) is 6.72. The van der Waals surface area contributed by atoms with Gasteiger partial charge >= 0.3 is 0 Å². The van der Waals surface area contributed by atoms with Crippen LogP contribution in [0.3, 0.4) is 0 Å². The van der Waals surface area contributed by atoms with Gasteiger partial charge in [-0.05, 0) is 19.2 Å². The Morgan fingerprint density at radius 3 is 2.80 bits per heavy atom. The molecule has 1 atom stereocenters. The Kier molecular flexibility index (Phi) is 4.69.